The van der Waals surface area contributed by atoms with E-state index in [1.165, 1.54) is 0 Å². The number of hydrogen-bond donors (Lipinski definition) is 2. The van der Waals surface area contributed by atoms with E-state index in [0.29, 0.717) is 6.07 Å². The second-order valence-electron chi connectivity index (χ2n) is 4.01. The molecular formula is C10H6F9NOS. The van der Waals surface area contributed by atoms with E-state index in [2.05, 4.69) is 0 Å². The molecule has 0 atom stereocenters. The van der Waals surface area contributed by atoms with Crippen LogP contribution in [0.5, 0.6) is 0 Å². The van der Waals surface area contributed by atoms with E-state index in [9.17, 15) is 39.5 Å². The van der Waals surface area contributed by atoms with Crippen LogP contribution in [0.2, 0.25) is 0 Å². The number of hydrogen-bond acceptors (Lipinski definition) is 3. The molecule has 126 valence electrons. The highest BCUT2D eigenvalue weighted by Gasteiger charge is 2.72. The molecule has 0 saturated carbocycles. The highest BCUT2D eigenvalue weighted by atomic mass is 32.2. The zero-order chi connectivity index (χ0) is 17.6. The number of nitrogens with two attached hydrogens (primary N) is 1. The van der Waals surface area contributed by atoms with Crippen molar-refractivity contribution >= 4 is 17.4 Å². The normalized spacial score (nSPS) is 14.3. The summed E-state index contributed by atoms with van der Waals surface area (Å²) in [5.41, 5.74) is -8.05. The topological polar surface area (TPSA) is 46.2 Å². The van der Waals surface area contributed by atoms with Gasteiger partial charge in [0.25, 0.3) is 5.60 Å². The third-order valence-electron chi connectivity index (χ3n) is 2.44. The van der Waals surface area contributed by atoms with Crippen molar-refractivity contribution in [2.75, 3.05) is 5.73 Å². The first-order valence-corrected chi connectivity index (χ1v) is 5.93. The Balaban J connectivity index is 3.64. The number of benzene rings is 1. The lowest BCUT2D eigenvalue weighted by Crippen LogP contribution is -2.54. The molecule has 0 saturated heterocycles. The Bertz CT molecular complexity index is 535. The minimum Gasteiger partial charge on any atom is -0.399 e. The SMILES string of the molecule is Nc1ccc(C(O)(C(F)(F)F)C(F)(F)F)c(SC(F)(F)F)c1. The molecule has 12 heteroatoms. The van der Waals surface area contributed by atoms with Crippen LogP contribution in [0.3, 0.4) is 0 Å². The lowest BCUT2D eigenvalue weighted by atomic mass is 9.92. The number of aliphatic hydroxyl groups is 1. The van der Waals surface area contributed by atoms with Crippen molar-refractivity contribution in [3.8, 4) is 0 Å². The molecule has 3 N–H and O–H groups in total. The molecule has 0 amide bonds. The van der Waals surface area contributed by atoms with Crippen LogP contribution in [0.15, 0.2) is 23.1 Å². The molecule has 1 rings (SSSR count). The van der Waals surface area contributed by atoms with E-state index < -0.39 is 51.4 Å². The maximum atomic E-state index is 12.7. The summed E-state index contributed by atoms with van der Waals surface area (Å²) in [7, 11) is 0. The fourth-order valence-electron chi connectivity index (χ4n) is 1.51. The van der Waals surface area contributed by atoms with Crippen LogP contribution in [0, 0.1) is 0 Å². The molecule has 0 unspecified atom stereocenters. The number of rotatable bonds is 2. The quantitative estimate of drug-likeness (QED) is 0.473. The Morgan fingerprint density at radius 3 is 1.68 bits per heavy atom. The van der Waals surface area contributed by atoms with Crippen LogP contribution in [-0.4, -0.2) is 23.0 Å². The Hall–Kier alpha value is -1.30. The molecular weight excluding hydrogens is 353 g/mol. The van der Waals surface area contributed by atoms with E-state index in [1.807, 2.05) is 0 Å². The van der Waals surface area contributed by atoms with Gasteiger partial charge < -0.3 is 10.8 Å². The smallest absolute Gasteiger partial charge is 0.399 e. The largest absolute Gasteiger partial charge is 0.446 e. The molecule has 0 radical (unpaired) electrons. The molecule has 0 aliphatic rings. The molecule has 0 aromatic heterocycles. The summed E-state index contributed by atoms with van der Waals surface area (Å²) in [4.78, 5) is -1.50. The van der Waals surface area contributed by atoms with Gasteiger partial charge in [0.1, 0.15) is 0 Å². The fourth-order valence-corrected chi connectivity index (χ4v) is 2.28. The highest BCUT2D eigenvalue weighted by molar-refractivity contribution is 8.00. The summed E-state index contributed by atoms with van der Waals surface area (Å²) in [6, 6.07) is 0.860. The minimum atomic E-state index is -6.29. The summed E-state index contributed by atoms with van der Waals surface area (Å²) in [5.74, 6) is 0. The van der Waals surface area contributed by atoms with Crippen molar-refractivity contribution in [2.24, 2.45) is 0 Å². The summed E-state index contributed by atoms with van der Waals surface area (Å²) in [6.07, 6.45) is -12.6. The average molecular weight is 359 g/mol. The third kappa shape index (κ3) is 3.54. The molecule has 0 spiro atoms. The lowest BCUT2D eigenvalue weighted by molar-refractivity contribution is -0.377. The fraction of sp³-hybridized carbons (Fsp3) is 0.400. The standard InChI is InChI=1S/C10H6F9NOS/c11-8(12,13)7(21,9(14,15)16)5-2-1-4(20)3-6(5)22-10(17,18)19/h1-3,21H,20H2. The van der Waals surface area contributed by atoms with Gasteiger partial charge in [-0.15, -0.1) is 0 Å². The van der Waals surface area contributed by atoms with E-state index in [-0.39, 0.29) is 12.1 Å². The van der Waals surface area contributed by atoms with Crippen LogP contribution < -0.4 is 5.73 Å². The van der Waals surface area contributed by atoms with Crippen molar-refractivity contribution in [2.45, 2.75) is 28.4 Å². The molecule has 1 aromatic carbocycles. The maximum Gasteiger partial charge on any atom is 0.446 e. The zero-order valence-corrected chi connectivity index (χ0v) is 10.9. The highest BCUT2D eigenvalue weighted by Crippen LogP contribution is 2.53. The number of alkyl halides is 9. The molecule has 2 nitrogen and oxygen atoms in total. The van der Waals surface area contributed by atoms with Gasteiger partial charge in [0.2, 0.25) is 0 Å². The van der Waals surface area contributed by atoms with E-state index in [4.69, 9.17) is 10.8 Å². The van der Waals surface area contributed by atoms with Gasteiger partial charge in [-0.25, -0.2) is 0 Å². The summed E-state index contributed by atoms with van der Waals surface area (Å²) < 4.78 is 113. The first-order chi connectivity index (χ1) is 9.59. The zero-order valence-electron chi connectivity index (χ0n) is 10.1. The molecule has 0 aliphatic heterocycles. The first kappa shape index (κ1) is 18.7. The van der Waals surface area contributed by atoms with Crippen molar-refractivity contribution in [1.82, 2.24) is 0 Å². The van der Waals surface area contributed by atoms with Crippen molar-refractivity contribution in [3.05, 3.63) is 23.8 Å². The maximum absolute atomic E-state index is 12.7. The third-order valence-corrected chi connectivity index (χ3v) is 3.23. The minimum absolute atomic E-state index is 0.0599. The second-order valence-corrected chi connectivity index (χ2v) is 5.12. The van der Waals surface area contributed by atoms with Gasteiger partial charge in [0.05, 0.1) is 0 Å². The van der Waals surface area contributed by atoms with E-state index in [0.717, 1.165) is 0 Å². The van der Waals surface area contributed by atoms with E-state index in [1.54, 1.807) is 0 Å². The van der Waals surface area contributed by atoms with Crippen LogP contribution in [0.25, 0.3) is 0 Å². The second kappa shape index (κ2) is 5.41. The Morgan fingerprint density at radius 2 is 1.32 bits per heavy atom. The van der Waals surface area contributed by atoms with Crippen LogP contribution in [0.4, 0.5) is 45.2 Å². The van der Waals surface area contributed by atoms with Gasteiger partial charge >= 0.3 is 17.9 Å². The molecule has 0 fully saturated rings. The average Bonchev–Trinajstić information content (AvgIpc) is 2.22. The van der Waals surface area contributed by atoms with Crippen LogP contribution >= 0.6 is 11.8 Å². The Morgan fingerprint density at radius 1 is 0.864 bits per heavy atom. The van der Waals surface area contributed by atoms with Crippen molar-refractivity contribution in [1.29, 1.82) is 0 Å². The molecule has 0 aliphatic carbocycles. The molecule has 0 heterocycles. The van der Waals surface area contributed by atoms with Crippen molar-refractivity contribution < 1.29 is 44.6 Å². The van der Waals surface area contributed by atoms with E-state index >= 15 is 0 Å². The predicted molar refractivity (Wildman–Crippen MR) is 58.8 cm³/mol. The predicted octanol–water partition coefficient (Wildman–Crippen LogP) is 4.19. The van der Waals surface area contributed by atoms with Crippen LogP contribution in [-0.2, 0) is 5.60 Å². The Labute approximate surface area is 121 Å². The van der Waals surface area contributed by atoms with Crippen LogP contribution in [0.1, 0.15) is 5.56 Å². The number of thioether (sulfide) groups is 1. The van der Waals surface area contributed by atoms with Gasteiger partial charge in [0, 0.05) is 16.1 Å². The number of halogens is 9. The number of nitrogen functional groups attached to an aromatic ring is 1. The summed E-state index contributed by atoms with van der Waals surface area (Å²) in [5, 5.41) is 9.15. The molecule has 0 bridgehead atoms. The van der Waals surface area contributed by atoms with Gasteiger partial charge in [-0.1, -0.05) is 6.07 Å². The van der Waals surface area contributed by atoms with Gasteiger partial charge in [-0.2, -0.15) is 39.5 Å². The summed E-state index contributed by atoms with van der Waals surface area (Å²) >= 11 is -1.24. The lowest BCUT2D eigenvalue weighted by Gasteiger charge is -2.34. The molecule has 1 aromatic rings. The monoisotopic (exact) mass is 359 g/mol. The number of anilines is 1. The van der Waals surface area contributed by atoms with Gasteiger partial charge in [0.15, 0.2) is 0 Å². The first-order valence-electron chi connectivity index (χ1n) is 5.11. The Kier molecular flexibility index (Phi) is 4.61. The van der Waals surface area contributed by atoms with Gasteiger partial charge in [-0.05, 0) is 23.9 Å². The van der Waals surface area contributed by atoms with Gasteiger partial charge in [-0.3, -0.25) is 0 Å². The molecule has 22 heavy (non-hydrogen) atoms. The summed E-state index contributed by atoms with van der Waals surface area (Å²) in [6.45, 7) is 0. The van der Waals surface area contributed by atoms with Crippen molar-refractivity contribution in [3.63, 3.8) is 0 Å².